The van der Waals surface area contributed by atoms with Gasteiger partial charge >= 0.3 is 0 Å². The molecule has 0 heterocycles. The Bertz CT molecular complexity index is 1080. The third-order valence-electron chi connectivity index (χ3n) is 4.90. The van der Waals surface area contributed by atoms with Crippen LogP contribution >= 0.6 is 0 Å². The number of carbonyl (C=O) groups is 2. The van der Waals surface area contributed by atoms with Gasteiger partial charge in [0.15, 0.2) is 0 Å². The van der Waals surface area contributed by atoms with E-state index in [1.165, 1.54) is 0 Å². The summed E-state index contributed by atoms with van der Waals surface area (Å²) in [5, 5.41) is 5.70. The molecule has 0 radical (unpaired) electrons. The van der Waals surface area contributed by atoms with Gasteiger partial charge in [-0.1, -0.05) is 32.0 Å². The van der Waals surface area contributed by atoms with Crippen molar-refractivity contribution in [2.24, 2.45) is 5.92 Å². The Hall–Kier alpha value is -3.80. The number of para-hydroxylation sites is 1. The number of hydrogen-bond acceptors (Lipinski definition) is 4. The fourth-order valence-corrected chi connectivity index (χ4v) is 3.12. The van der Waals surface area contributed by atoms with Crippen molar-refractivity contribution in [2.75, 3.05) is 23.8 Å². The quantitative estimate of drug-likeness (QED) is 0.400. The zero-order valence-electron chi connectivity index (χ0n) is 19.3. The average molecular weight is 447 g/mol. The number of carbonyl (C=O) groups excluding carboxylic acids is 2. The van der Waals surface area contributed by atoms with Crippen LogP contribution in [0.5, 0.6) is 11.5 Å². The summed E-state index contributed by atoms with van der Waals surface area (Å²) >= 11 is 0. The maximum Gasteiger partial charge on any atom is 0.257 e. The average Bonchev–Trinajstić information content (AvgIpc) is 2.81. The lowest BCUT2D eigenvalue weighted by molar-refractivity contribution is 0.102. The van der Waals surface area contributed by atoms with Crippen molar-refractivity contribution in [3.05, 3.63) is 83.9 Å². The minimum atomic E-state index is -0.319. The summed E-state index contributed by atoms with van der Waals surface area (Å²) < 4.78 is 11.2. The molecule has 172 valence electrons. The van der Waals surface area contributed by atoms with Crippen LogP contribution in [0, 0.1) is 5.92 Å². The molecule has 0 saturated carbocycles. The van der Waals surface area contributed by atoms with Crippen LogP contribution in [0.3, 0.4) is 0 Å². The third-order valence-corrected chi connectivity index (χ3v) is 4.90. The van der Waals surface area contributed by atoms with E-state index < -0.39 is 0 Å². The fourth-order valence-electron chi connectivity index (χ4n) is 3.12. The summed E-state index contributed by atoms with van der Waals surface area (Å²) in [6.07, 6.45) is 0.938. The van der Waals surface area contributed by atoms with Gasteiger partial charge in [-0.05, 0) is 73.9 Å². The highest BCUT2D eigenvalue weighted by molar-refractivity contribution is 6.12. The molecule has 2 amide bonds. The van der Waals surface area contributed by atoms with Crippen LogP contribution in [-0.4, -0.2) is 25.0 Å². The van der Waals surface area contributed by atoms with E-state index in [2.05, 4.69) is 24.5 Å². The van der Waals surface area contributed by atoms with Gasteiger partial charge in [-0.2, -0.15) is 0 Å². The van der Waals surface area contributed by atoms with Crippen molar-refractivity contribution < 1.29 is 19.1 Å². The summed E-state index contributed by atoms with van der Waals surface area (Å²) in [6.45, 7) is 7.35. The van der Waals surface area contributed by atoms with Crippen molar-refractivity contribution in [3.8, 4) is 11.5 Å². The molecule has 0 saturated heterocycles. The Morgan fingerprint density at radius 2 is 1.58 bits per heavy atom. The molecule has 6 heteroatoms. The predicted molar refractivity (Wildman–Crippen MR) is 131 cm³/mol. The number of rotatable bonds is 10. The van der Waals surface area contributed by atoms with E-state index in [1.807, 2.05) is 13.0 Å². The minimum Gasteiger partial charge on any atom is -0.494 e. The Balaban J connectivity index is 1.68. The largest absolute Gasteiger partial charge is 0.494 e. The van der Waals surface area contributed by atoms with Gasteiger partial charge in [0.1, 0.15) is 11.5 Å². The number of ether oxygens (including phenoxy) is 2. The number of anilines is 2. The monoisotopic (exact) mass is 446 g/mol. The third kappa shape index (κ3) is 7.10. The smallest absolute Gasteiger partial charge is 0.257 e. The van der Waals surface area contributed by atoms with Crippen molar-refractivity contribution in [3.63, 3.8) is 0 Å². The minimum absolute atomic E-state index is 0.314. The highest BCUT2D eigenvalue weighted by Crippen LogP contribution is 2.21. The lowest BCUT2D eigenvalue weighted by Gasteiger charge is -2.13. The van der Waals surface area contributed by atoms with Crippen LogP contribution in [0.2, 0.25) is 0 Å². The summed E-state index contributed by atoms with van der Waals surface area (Å²) in [5.74, 6) is 1.29. The van der Waals surface area contributed by atoms with Crippen molar-refractivity contribution in [1.29, 1.82) is 0 Å². The molecule has 0 bridgehead atoms. The molecular formula is C27H30N2O4. The zero-order chi connectivity index (χ0) is 23.6. The second-order valence-corrected chi connectivity index (χ2v) is 7.97. The van der Waals surface area contributed by atoms with Crippen LogP contribution in [-0.2, 0) is 0 Å². The topological polar surface area (TPSA) is 76.7 Å². The standard InChI is InChI=1S/C27H30N2O4/c1-4-32-22-14-12-21(13-15-22)28-27(31)24-10-5-6-11-25(24)29-26(30)20-8-7-9-23(18-20)33-17-16-19(2)3/h5-15,18-19H,4,16-17H2,1-3H3,(H,28,31)(H,29,30). The predicted octanol–water partition coefficient (Wildman–Crippen LogP) is 6.01. The van der Waals surface area contributed by atoms with Crippen LogP contribution in [0.25, 0.3) is 0 Å². The summed E-state index contributed by atoms with van der Waals surface area (Å²) in [6, 6.07) is 21.1. The molecule has 0 aliphatic rings. The molecule has 6 nitrogen and oxygen atoms in total. The van der Waals surface area contributed by atoms with Gasteiger partial charge in [0.25, 0.3) is 11.8 Å². The molecule has 0 aliphatic carbocycles. The van der Waals surface area contributed by atoms with Gasteiger partial charge in [0.05, 0.1) is 24.5 Å². The van der Waals surface area contributed by atoms with E-state index in [0.717, 1.165) is 12.2 Å². The van der Waals surface area contributed by atoms with Gasteiger partial charge in [-0.15, -0.1) is 0 Å². The van der Waals surface area contributed by atoms with Crippen molar-refractivity contribution >= 4 is 23.2 Å². The molecule has 0 fully saturated rings. The molecule has 0 atom stereocenters. The Morgan fingerprint density at radius 1 is 0.818 bits per heavy atom. The summed E-state index contributed by atoms with van der Waals surface area (Å²) in [7, 11) is 0. The Kier molecular flexibility index (Phi) is 8.47. The van der Waals surface area contributed by atoms with Crippen LogP contribution in [0.1, 0.15) is 47.9 Å². The van der Waals surface area contributed by atoms with Gasteiger partial charge in [-0.25, -0.2) is 0 Å². The van der Waals surface area contributed by atoms with Crippen molar-refractivity contribution in [2.45, 2.75) is 27.2 Å². The first-order valence-corrected chi connectivity index (χ1v) is 11.1. The van der Waals surface area contributed by atoms with E-state index >= 15 is 0 Å². The Labute approximate surface area is 194 Å². The van der Waals surface area contributed by atoms with Gasteiger partial charge in [0.2, 0.25) is 0 Å². The highest BCUT2D eigenvalue weighted by atomic mass is 16.5. The fraction of sp³-hybridized carbons (Fsp3) is 0.259. The molecule has 3 aromatic carbocycles. The zero-order valence-corrected chi connectivity index (χ0v) is 19.3. The second kappa shape index (κ2) is 11.7. The molecule has 0 spiro atoms. The van der Waals surface area contributed by atoms with E-state index in [1.54, 1.807) is 66.7 Å². The van der Waals surface area contributed by atoms with E-state index in [4.69, 9.17) is 9.47 Å². The van der Waals surface area contributed by atoms with Crippen LogP contribution < -0.4 is 20.1 Å². The molecule has 0 aliphatic heterocycles. The maximum atomic E-state index is 12.9. The first kappa shape index (κ1) is 23.9. The maximum absolute atomic E-state index is 12.9. The van der Waals surface area contributed by atoms with Crippen molar-refractivity contribution in [1.82, 2.24) is 0 Å². The lowest BCUT2D eigenvalue weighted by Crippen LogP contribution is -2.18. The van der Waals surface area contributed by atoms with Gasteiger partial charge in [0, 0.05) is 11.3 Å². The van der Waals surface area contributed by atoms with Crippen LogP contribution in [0.4, 0.5) is 11.4 Å². The molecule has 3 rings (SSSR count). The van der Waals surface area contributed by atoms with Crippen LogP contribution in [0.15, 0.2) is 72.8 Å². The second-order valence-electron chi connectivity index (χ2n) is 7.97. The number of benzene rings is 3. The first-order chi connectivity index (χ1) is 16.0. The SMILES string of the molecule is CCOc1ccc(NC(=O)c2ccccc2NC(=O)c2cccc(OCCC(C)C)c2)cc1. The van der Waals surface area contributed by atoms with Gasteiger partial charge in [-0.3, -0.25) is 9.59 Å². The van der Waals surface area contributed by atoms with Gasteiger partial charge < -0.3 is 20.1 Å². The number of nitrogens with one attached hydrogen (secondary N) is 2. The van der Waals surface area contributed by atoms with E-state index in [0.29, 0.717) is 47.4 Å². The first-order valence-electron chi connectivity index (χ1n) is 11.1. The van der Waals surface area contributed by atoms with E-state index in [-0.39, 0.29) is 11.8 Å². The summed E-state index contributed by atoms with van der Waals surface area (Å²) in [4.78, 5) is 25.7. The van der Waals surface area contributed by atoms with E-state index in [9.17, 15) is 9.59 Å². The molecule has 2 N–H and O–H groups in total. The normalized spacial score (nSPS) is 10.5. The molecule has 0 unspecified atom stereocenters. The molecule has 0 aromatic heterocycles. The molecular weight excluding hydrogens is 416 g/mol. The molecule has 3 aromatic rings. The highest BCUT2D eigenvalue weighted by Gasteiger charge is 2.15. The lowest BCUT2D eigenvalue weighted by atomic mass is 10.1. The Morgan fingerprint density at radius 3 is 2.30 bits per heavy atom. The number of hydrogen-bond donors (Lipinski definition) is 2. The molecule has 33 heavy (non-hydrogen) atoms. The summed E-state index contributed by atoms with van der Waals surface area (Å²) in [5.41, 5.74) is 1.88. The number of amides is 2.